The van der Waals surface area contributed by atoms with Crippen LogP contribution in [-0.2, 0) is 19.2 Å². The van der Waals surface area contributed by atoms with Crippen LogP contribution in [0.4, 0.5) is 23.1 Å². The Morgan fingerprint density at radius 1 is 0.976 bits per heavy atom. The Morgan fingerprint density at radius 3 is 2.22 bits per heavy atom. The van der Waals surface area contributed by atoms with E-state index >= 15 is 0 Å². The summed E-state index contributed by atoms with van der Waals surface area (Å²) in [5.74, 6) is -6.27. The first-order valence-electron chi connectivity index (χ1n) is 12.4. The zero-order valence-corrected chi connectivity index (χ0v) is 21.5. The van der Waals surface area contributed by atoms with E-state index in [9.17, 15) is 44.1 Å². The maximum absolute atomic E-state index is 12.8. The second kappa shape index (κ2) is 13.6. The minimum Gasteiger partial charge on any atom is -0.550 e. The fourth-order valence-corrected chi connectivity index (χ4v) is 3.89. The van der Waals surface area contributed by atoms with Crippen molar-refractivity contribution < 1.29 is 39.3 Å². The monoisotopic (exact) mass is 571 g/mol. The third-order valence-corrected chi connectivity index (χ3v) is 6.00. The largest absolute Gasteiger partial charge is 0.550 e. The third-order valence-electron chi connectivity index (χ3n) is 6.00. The lowest BCUT2D eigenvalue weighted by molar-refractivity contribution is -0.310. The van der Waals surface area contributed by atoms with Gasteiger partial charge in [-0.2, -0.15) is 4.98 Å². The molecule has 0 saturated heterocycles. The standard InChI is InChI=1S/C24H30N8O9/c25-24-31-19-18(22(39)32-24)28-13(10-27-19)9-26-12-3-1-11(2-4-12)20(37)29-14(5-7-16(33)34)21(38)30-15(23(40)41)6-8-17(35)36/h1-4,13-15,26,28H,5-10H2,(H,29,37)(H,30,38)(H,33,34)(H,35,36)(H,40,41)(H4,25,27,31,32,39)/p-3/t13-,14-,15-/m0/s1. The van der Waals surface area contributed by atoms with Crippen molar-refractivity contribution >= 4 is 52.9 Å². The fourth-order valence-electron chi connectivity index (χ4n) is 3.89. The number of carbonyl (C=O) groups is 5. The van der Waals surface area contributed by atoms with E-state index < -0.39 is 73.0 Å². The smallest absolute Gasteiger partial charge is 0.277 e. The first-order valence-corrected chi connectivity index (χ1v) is 12.4. The van der Waals surface area contributed by atoms with Crippen LogP contribution in [0.2, 0.25) is 0 Å². The summed E-state index contributed by atoms with van der Waals surface area (Å²) in [6, 6.07) is 2.67. The number of carboxylic acid groups (broad SMARTS) is 3. The molecule has 1 aromatic heterocycles. The van der Waals surface area contributed by atoms with Gasteiger partial charge in [-0.05, 0) is 49.9 Å². The Kier molecular flexibility index (Phi) is 10.0. The summed E-state index contributed by atoms with van der Waals surface area (Å²) in [6.45, 7) is 0.822. The highest BCUT2D eigenvalue weighted by molar-refractivity contribution is 5.98. The SMILES string of the molecule is Nc1nc2c(c(=O)[nH]1)N[C@@H](CNc1ccc(C(=O)N[C@@H](CCC(=O)[O-])C(=O)N[C@@H](CCC(=O)[O-])C(=O)[O-])cc1)CN2. The molecular weight excluding hydrogens is 544 g/mol. The number of aliphatic carboxylic acids is 3. The van der Waals surface area contributed by atoms with E-state index in [-0.39, 0.29) is 23.2 Å². The Morgan fingerprint density at radius 2 is 1.61 bits per heavy atom. The summed E-state index contributed by atoms with van der Waals surface area (Å²) in [6.07, 6.45) is -2.26. The van der Waals surface area contributed by atoms with Crippen molar-refractivity contribution in [3.05, 3.63) is 40.2 Å². The van der Waals surface area contributed by atoms with Gasteiger partial charge in [0, 0.05) is 36.3 Å². The number of carbonyl (C=O) groups excluding carboxylic acids is 5. The lowest BCUT2D eigenvalue weighted by Crippen LogP contribution is -2.54. The number of amides is 2. The molecule has 0 saturated carbocycles. The number of hydrogen-bond donors (Lipinski definition) is 7. The zero-order chi connectivity index (χ0) is 30.1. The van der Waals surface area contributed by atoms with Gasteiger partial charge in [0.05, 0.1) is 18.1 Å². The predicted molar refractivity (Wildman–Crippen MR) is 137 cm³/mol. The van der Waals surface area contributed by atoms with Crippen molar-refractivity contribution in [2.75, 3.05) is 34.8 Å². The molecule has 0 aliphatic carbocycles. The summed E-state index contributed by atoms with van der Waals surface area (Å²) in [5.41, 5.74) is 6.11. The second-order valence-corrected chi connectivity index (χ2v) is 9.08. The Bertz CT molecular complexity index is 1360. The molecule has 2 heterocycles. The Labute approximate surface area is 231 Å². The van der Waals surface area contributed by atoms with Gasteiger partial charge in [0.2, 0.25) is 11.9 Å². The molecular formula is C24H27N8O9-3. The van der Waals surface area contributed by atoms with Crippen molar-refractivity contribution in [3.63, 3.8) is 0 Å². The molecule has 0 radical (unpaired) electrons. The average molecular weight is 572 g/mol. The molecule has 3 atom stereocenters. The fraction of sp³-hybridized carbons (Fsp3) is 0.375. The number of aromatic amines is 1. The number of nitrogens with two attached hydrogens (primary N) is 1. The van der Waals surface area contributed by atoms with Crippen molar-refractivity contribution in [2.45, 2.75) is 43.8 Å². The number of fused-ring (bicyclic) bond motifs is 1. The van der Waals surface area contributed by atoms with Crippen molar-refractivity contribution in [1.82, 2.24) is 20.6 Å². The topological polar surface area (TPSA) is 286 Å². The Balaban J connectivity index is 1.59. The van der Waals surface area contributed by atoms with Gasteiger partial charge in [-0.25, -0.2) is 0 Å². The molecule has 0 fully saturated rings. The summed E-state index contributed by atoms with van der Waals surface area (Å²) in [5, 5.41) is 46.5. The molecule has 0 spiro atoms. The van der Waals surface area contributed by atoms with Gasteiger partial charge in [-0.15, -0.1) is 0 Å². The first kappa shape index (κ1) is 30.2. The quantitative estimate of drug-likeness (QED) is 0.112. The Hall–Kier alpha value is -5.35. The molecule has 220 valence electrons. The van der Waals surface area contributed by atoms with E-state index in [1.165, 1.54) is 12.1 Å². The molecule has 2 amide bonds. The molecule has 1 aromatic carbocycles. The minimum absolute atomic E-state index is 0.00939. The van der Waals surface area contributed by atoms with E-state index in [1.807, 2.05) is 5.32 Å². The number of aromatic nitrogens is 2. The molecule has 3 rings (SSSR count). The van der Waals surface area contributed by atoms with Crippen LogP contribution in [0.5, 0.6) is 0 Å². The summed E-state index contributed by atoms with van der Waals surface area (Å²) >= 11 is 0. The molecule has 8 N–H and O–H groups in total. The third kappa shape index (κ3) is 8.84. The van der Waals surface area contributed by atoms with Crippen LogP contribution in [0.3, 0.4) is 0 Å². The van der Waals surface area contributed by atoms with E-state index in [0.29, 0.717) is 24.6 Å². The number of nitrogens with zero attached hydrogens (tertiary/aromatic N) is 1. The maximum Gasteiger partial charge on any atom is 0.277 e. The van der Waals surface area contributed by atoms with E-state index in [4.69, 9.17) is 5.73 Å². The molecule has 1 aliphatic rings. The van der Waals surface area contributed by atoms with Crippen LogP contribution in [0.25, 0.3) is 0 Å². The van der Waals surface area contributed by atoms with Crippen LogP contribution in [0.1, 0.15) is 36.0 Å². The van der Waals surface area contributed by atoms with Gasteiger partial charge in [-0.3, -0.25) is 19.4 Å². The summed E-state index contributed by atoms with van der Waals surface area (Å²) < 4.78 is 0. The number of H-pyrrole nitrogens is 1. The zero-order valence-electron chi connectivity index (χ0n) is 21.5. The lowest BCUT2D eigenvalue weighted by Gasteiger charge is -2.27. The van der Waals surface area contributed by atoms with Crippen molar-refractivity contribution in [1.29, 1.82) is 0 Å². The average Bonchev–Trinajstić information content (AvgIpc) is 2.91. The number of hydrogen-bond acceptors (Lipinski definition) is 14. The summed E-state index contributed by atoms with van der Waals surface area (Å²) in [4.78, 5) is 76.8. The molecule has 0 bridgehead atoms. The van der Waals surface area contributed by atoms with Gasteiger partial charge in [0.15, 0.2) is 5.82 Å². The maximum atomic E-state index is 12.8. The molecule has 17 heteroatoms. The van der Waals surface area contributed by atoms with Gasteiger partial charge in [0.25, 0.3) is 11.5 Å². The van der Waals surface area contributed by atoms with Crippen molar-refractivity contribution in [2.24, 2.45) is 0 Å². The van der Waals surface area contributed by atoms with Crippen LogP contribution < -0.4 is 53.2 Å². The van der Waals surface area contributed by atoms with Gasteiger partial charge >= 0.3 is 0 Å². The predicted octanol–water partition coefficient (Wildman–Crippen LogP) is -4.94. The van der Waals surface area contributed by atoms with Gasteiger partial charge in [-0.1, -0.05) is 0 Å². The highest BCUT2D eigenvalue weighted by atomic mass is 16.4. The number of anilines is 4. The van der Waals surface area contributed by atoms with Crippen LogP contribution >= 0.6 is 0 Å². The number of nitrogen functional groups attached to an aromatic ring is 1. The highest BCUT2D eigenvalue weighted by Crippen LogP contribution is 2.20. The van der Waals surface area contributed by atoms with Crippen LogP contribution in [-0.4, -0.2) is 70.9 Å². The van der Waals surface area contributed by atoms with E-state index in [1.54, 1.807) is 12.1 Å². The number of nitrogens with one attached hydrogen (secondary N) is 6. The molecule has 1 aliphatic heterocycles. The van der Waals surface area contributed by atoms with Gasteiger partial charge < -0.3 is 62.0 Å². The highest BCUT2D eigenvalue weighted by Gasteiger charge is 2.25. The van der Waals surface area contributed by atoms with E-state index in [2.05, 4.69) is 31.2 Å². The second-order valence-electron chi connectivity index (χ2n) is 9.08. The minimum atomic E-state index is -1.76. The van der Waals surface area contributed by atoms with Crippen LogP contribution in [0.15, 0.2) is 29.1 Å². The van der Waals surface area contributed by atoms with Crippen LogP contribution in [0, 0.1) is 0 Å². The molecule has 0 unspecified atom stereocenters. The normalized spacial score (nSPS) is 15.2. The molecule has 41 heavy (non-hydrogen) atoms. The van der Waals surface area contributed by atoms with E-state index in [0.717, 1.165) is 0 Å². The van der Waals surface area contributed by atoms with Gasteiger partial charge in [0.1, 0.15) is 11.7 Å². The summed E-state index contributed by atoms with van der Waals surface area (Å²) in [7, 11) is 0. The molecule has 17 nitrogen and oxygen atoms in total. The number of benzene rings is 1. The number of carboxylic acids is 3. The molecule has 2 aromatic rings. The first-order chi connectivity index (χ1) is 19.4. The lowest BCUT2D eigenvalue weighted by atomic mass is 10.1. The number of rotatable bonds is 14. The van der Waals surface area contributed by atoms with Crippen molar-refractivity contribution in [3.8, 4) is 0 Å².